The van der Waals surface area contributed by atoms with Crippen molar-refractivity contribution in [1.29, 1.82) is 0 Å². The molecule has 0 aromatic heterocycles. The molecule has 0 radical (unpaired) electrons. The van der Waals surface area contributed by atoms with Crippen molar-refractivity contribution in [2.75, 3.05) is 6.54 Å². The molecule has 0 unspecified atom stereocenters. The Hall–Kier alpha value is -1.87. The maximum Gasteiger partial charge on any atom is 0.165 e. The van der Waals surface area contributed by atoms with Crippen LogP contribution >= 0.6 is 0 Å². The van der Waals surface area contributed by atoms with Crippen molar-refractivity contribution in [3.8, 4) is 5.75 Å². The Kier molecular flexibility index (Phi) is 5.56. The molecule has 0 aliphatic rings. The van der Waals surface area contributed by atoms with Crippen LogP contribution in [0.5, 0.6) is 5.75 Å². The van der Waals surface area contributed by atoms with Crippen molar-refractivity contribution >= 4 is 0 Å². The number of hydrogen-bond donors (Lipinski definition) is 1. The van der Waals surface area contributed by atoms with E-state index in [1.54, 1.807) is 12.1 Å². The summed E-state index contributed by atoms with van der Waals surface area (Å²) < 4.78 is 19.4. The van der Waals surface area contributed by atoms with Crippen LogP contribution in [-0.2, 0) is 13.0 Å². The fourth-order valence-corrected chi connectivity index (χ4v) is 2.03. The molecule has 0 aliphatic heterocycles. The smallest absolute Gasteiger partial charge is 0.165 e. The highest BCUT2D eigenvalue weighted by atomic mass is 19.1. The molecule has 2 rings (SSSR count). The van der Waals surface area contributed by atoms with Gasteiger partial charge in [0.25, 0.3) is 0 Å². The van der Waals surface area contributed by atoms with Crippen molar-refractivity contribution in [1.82, 2.24) is 0 Å². The molecule has 20 heavy (non-hydrogen) atoms. The summed E-state index contributed by atoms with van der Waals surface area (Å²) in [6.07, 6.45) is 2.81. The van der Waals surface area contributed by atoms with E-state index in [1.807, 2.05) is 36.4 Å². The van der Waals surface area contributed by atoms with Gasteiger partial charge in [-0.15, -0.1) is 0 Å². The van der Waals surface area contributed by atoms with Crippen LogP contribution in [-0.4, -0.2) is 6.54 Å². The van der Waals surface area contributed by atoms with Crippen molar-refractivity contribution in [3.63, 3.8) is 0 Å². The Labute approximate surface area is 119 Å². The van der Waals surface area contributed by atoms with Crippen LogP contribution < -0.4 is 10.5 Å². The number of ether oxygens (including phenoxy) is 1. The van der Waals surface area contributed by atoms with Crippen LogP contribution in [0.1, 0.15) is 24.0 Å². The molecule has 2 nitrogen and oxygen atoms in total. The molecular formula is C17H20FNO. The minimum Gasteiger partial charge on any atom is -0.486 e. The number of rotatable bonds is 7. The Balaban J connectivity index is 1.92. The fourth-order valence-electron chi connectivity index (χ4n) is 2.03. The first-order chi connectivity index (χ1) is 9.79. The van der Waals surface area contributed by atoms with Gasteiger partial charge in [-0.25, -0.2) is 4.39 Å². The molecule has 0 saturated carbocycles. The van der Waals surface area contributed by atoms with Gasteiger partial charge in [-0.2, -0.15) is 0 Å². The standard InChI is InChI=1S/C17H20FNO/c18-16-12-14(6-4-5-11-19)9-10-17(16)20-13-15-7-2-1-3-8-15/h1-3,7-10,12H,4-6,11,13,19H2. The molecule has 0 heterocycles. The number of nitrogens with two attached hydrogens (primary N) is 1. The molecular weight excluding hydrogens is 253 g/mol. The molecule has 0 aliphatic carbocycles. The van der Waals surface area contributed by atoms with E-state index >= 15 is 0 Å². The van der Waals surface area contributed by atoms with E-state index in [0.29, 0.717) is 18.9 Å². The summed E-state index contributed by atoms with van der Waals surface area (Å²) in [5.41, 5.74) is 7.46. The Morgan fingerprint density at radius 2 is 1.75 bits per heavy atom. The van der Waals surface area contributed by atoms with E-state index in [1.165, 1.54) is 0 Å². The zero-order valence-corrected chi connectivity index (χ0v) is 11.5. The first-order valence-electron chi connectivity index (χ1n) is 6.95. The lowest BCUT2D eigenvalue weighted by atomic mass is 10.1. The fraction of sp³-hybridized carbons (Fsp3) is 0.294. The lowest BCUT2D eigenvalue weighted by Gasteiger charge is -2.09. The summed E-state index contributed by atoms with van der Waals surface area (Å²) in [6, 6.07) is 14.9. The largest absolute Gasteiger partial charge is 0.486 e. The number of halogens is 1. The minimum atomic E-state index is -0.300. The normalized spacial score (nSPS) is 10.5. The SMILES string of the molecule is NCCCCc1ccc(OCc2ccccc2)c(F)c1. The zero-order chi connectivity index (χ0) is 14.2. The summed E-state index contributed by atoms with van der Waals surface area (Å²) in [5, 5.41) is 0. The van der Waals surface area contributed by atoms with Crippen molar-refractivity contribution in [2.24, 2.45) is 5.73 Å². The Morgan fingerprint density at radius 3 is 2.45 bits per heavy atom. The topological polar surface area (TPSA) is 35.2 Å². The van der Waals surface area contributed by atoms with Gasteiger partial charge in [0.15, 0.2) is 11.6 Å². The number of unbranched alkanes of at least 4 members (excludes halogenated alkanes) is 1. The highest BCUT2D eigenvalue weighted by molar-refractivity contribution is 5.30. The van der Waals surface area contributed by atoms with Crippen LogP contribution in [0.2, 0.25) is 0 Å². The summed E-state index contributed by atoms with van der Waals surface area (Å²) in [4.78, 5) is 0. The summed E-state index contributed by atoms with van der Waals surface area (Å²) in [6.45, 7) is 1.06. The van der Waals surface area contributed by atoms with Crippen LogP contribution in [0.25, 0.3) is 0 Å². The maximum absolute atomic E-state index is 13.9. The zero-order valence-electron chi connectivity index (χ0n) is 11.5. The van der Waals surface area contributed by atoms with E-state index in [4.69, 9.17) is 10.5 Å². The third-order valence-corrected chi connectivity index (χ3v) is 3.15. The average Bonchev–Trinajstić information content (AvgIpc) is 2.48. The highest BCUT2D eigenvalue weighted by Gasteiger charge is 2.05. The van der Waals surface area contributed by atoms with Gasteiger partial charge in [-0.3, -0.25) is 0 Å². The Morgan fingerprint density at radius 1 is 0.950 bits per heavy atom. The van der Waals surface area contributed by atoms with Gasteiger partial charge in [-0.05, 0) is 49.1 Å². The second-order valence-electron chi connectivity index (χ2n) is 4.78. The molecule has 2 aromatic rings. The van der Waals surface area contributed by atoms with Crippen LogP contribution in [0.3, 0.4) is 0 Å². The maximum atomic E-state index is 13.9. The number of benzene rings is 2. The number of aryl methyl sites for hydroxylation is 1. The van der Waals surface area contributed by atoms with Gasteiger partial charge >= 0.3 is 0 Å². The van der Waals surface area contributed by atoms with Crippen LogP contribution in [0, 0.1) is 5.82 Å². The predicted octanol–water partition coefficient (Wildman–Crippen LogP) is 3.69. The first kappa shape index (κ1) is 14.5. The molecule has 106 valence electrons. The van der Waals surface area contributed by atoms with Gasteiger partial charge in [0.05, 0.1) is 0 Å². The van der Waals surface area contributed by atoms with Crippen molar-refractivity contribution < 1.29 is 9.13 Å². The van der Waals surface area contributed by atoms with Gasteiger partial charge in [0, 0.05) is 0 Å². The van der Waals surface area contributed by atoms with Gasteiger partial charge < -0.3 is 10.5 Å². The summed E-state index contributed by atoms with van der Waals surface area (Å²) in [7, 11) is 0. The van der Waals surface area contributed by atoms with Gasteiger partial charge in [0.1, 0.15) is 6.61 Å². The first-order valence-corrected chi connectivity index (χ1v) is 6.95. The Bertz CT molecular complexity index is 528. The molecule has 2 aromatic carbocycles. The third kappa shape index (κ3) is 4.35. The van der Waals surface area contributed by atoms with E-state index in [-0.39, 0.29) is 5.82 Å². The molecule has 0 atom stereocenters. The minimum absolute atomic E-state index is 0.300. The lowest BCUT2D eigenvalue weighted by molar-refractivity contribution is 0.290. The lowest BCUT2D eigenvalue weighted by Crippen LogP contribution is -2.00. The monoisotopic (exact) mass is 273 g/mol. The second-order valence-corrected chi connectivity index (χ2v) is 4.78. The molecule has 0 bridgehead atoms. The van der Waals surface area contributed by atoms with Gasteiger partial charge in [-0.1, -0.05) is 36.4 Å². The summed E-state index contributed by atoms with van der Waals surface area (Å²) in [5.74, 6) is 0.00241. The van der Waals surface area contributed by atoms with E-state index in [2.05, 4.69) is 0 Å². The average molecular weight is 273 g/mol. The van der Waals surface area contributed by atoms with Crippen LogP contribution in [0.15, 0.2) is 48.5 Å². The molecule has 0 amide bonds. The number of hydrogen-bond acceptors (Lipinski definition) is 2. The van der Waals surface area contributed by atoms with Crippen molar-refractivity contribution in [3.05, 3.63) is 65.5 Å². The highest BCUT2D eigenvalue weighted by Crippen LogP contribution is 2.20. The molecule has 0 spiro atoms. The summed E-state index contributed by atoms with van der Waals surface area (Å²) >= 11 is 0. The van der Waals surface area contributed by atoms with E-state index in [0.717, 1.165) is 30.4 Å². The molecule has 0 saturated heterocycles. The van der Waals surface area contributed by atoms with Crippen molar-refractivity contribution in [2.45, 2.75) is 25.9 Å². The predicted molar refractivity (Wildman–Crippen MR) is 79.2 cm³/mol. The molecule has 3 heteroatoms. The van der Waals surface area contributed by atoms with E-state index in [9.17, 15) is 4.39 Å². The van der Waals surface area contributed by atoms with Gasteiger partial charge in [0.2, 0.25) is 0 Å². The molecule has 0 fully saturated rings. The van der Waals surface area contributed by atoms with E-state index < -0.39 is 0 Å². The van der Waals surface area contributed by atoms with Crippen LogP contribution in [0.4, 0.5) is 4.39 Å². The quantitative estimate of drug-likeness (QED) is 0.781. The molecule has 2 N–H and O–H groups in total. The third-order valence-electron chi connectivity index (χ3n) is 3.15. The second kappa shape index (κ2) is 7.65.